The summed E-state index contributed by atoms with van der Waals surface area (Å²) in [6.45, 7) is 11.3. The Morgan fingerprint density at radius 3 is 2.00 bits per heavy atom. The SMILES string of the molecule is CCCCOC(=O)C(CC)(CC)C(CC)CCC.[SnH2]. The fourth-order valence-corrected chi connectivity index (χ4v) is 2.96. The van der Waals surface area contributed by atoms with E-state index < -0.39 is 0 Å². The summed E-state index contributed by atoms with van der Waals surface area (Å²) in [5.41, 5.74) is -0.251. The van der Waals surface area contributed by atoms with Crippen LogP contribution in [0, 0.1) is 11.3 Å². The Hall–Kier alpha value is 0.269. The molecule has 0 aromatic carbocycles. The Bertz CT molecular complexity index is 225. The number of esters is 1. The molecule has 0 heterocycles. The van der Waals surface area contributed by atoms with Crippen LogP contribution in [0.2, 0.25) is 0 Å². The van der Waals surface area contributed by atoms with Gasteiger partial charge >= 0.3 is 29.9 Å². The number of carbonyl (C=O) groups is 1. The van der Waals surface area contributed by atoms with Crippen molar-refractivity contribution in [2.45, 2.75) is 79.6 Å². The molecule has 0 spiro atoms. The zero-order valence-corrected chi connectivity index (χ0v) is 17.8. The third-order valence-electron chi connectivity index (χ3n) is 4.31. The second kappa shape index (κ2) is 12.0. The van der Waals surface area contributed by atoms with E-state index >= 15 is 0 Å². The van der Waals surface area contributed by atoms with Gasteiger partial charge in [0.25, 0.3) is 0 Å². The molecule has 2 nitrogen and oxygen atoms in total. The molecule has 0 aliphatic rings. The Kier molecular flexibility index (Phi) is 13.7. The molecule has 0 aliphatic heterocycles. The predicted octanol–water partition coefficient (Wildman–Crippen LogP) is 4.05. The van der Waals surface area contributed by atoms with Gasteiger partial charge in [-0.05, 0) is 31.6 Å². The van der Waals surface area contributed by atoms with Gasteiger partial charge < -0.3 is 4.74 Å². The third kappa shape index (κ3) is 6.05. The zero-order valence-electron chi connectivity index (χ0n) is 13.8. The van der Waals surface area contributed by atoms with Crippen LogP contribution in [0.1, 0.15) is 79.6 Å². The van der Waals surface area contributed by atoms with E-state index in [1.165, 1.54) is 0 Å². The first-order valence-corrected chi connectivity index (χ1v) is 7.79. The molecule has 0 fully saturated rings. The van der Waals surface area contributed by atoms with Crippen molar-refractivity contribution in [1.82, 2.24) is 0 Å². The Morgan fingerprint density at radius 1 is 1.05 bits per heavy atom. The summed E-state index contributed by atoms with van der Waals surface area (Å²) in [7, 11) is 0. The molecule has 0 aromatic heterocycles. The van der Waals surface area contributed by atoms with E-state index in [0.717, 1.165) is 44.9 Å². The van der Waals surface area contributed by atoms with Crippen LogP contribution in [0.3, 0.4) is 0 Å². The zero-order chi connectivity index (χ0) is 14.0. The van der Waals surface area contributed by atoms with Crippen LogP contribution in [0.5, 0.6) is 0 Å². The van der Waals surface area contributed by atoms with Crippen molar-refractivity contribution in [2.24, 2.45) is 11.3 Å². The molecule has 0 aliphatic carbocycles. The van der Waals surface area contributed by atoms with Gasteiger partial charge in [0.05, 0.1) is 12.0 Å². The first-order valence-electron chi connectivity index (χ1n) is 7.79. The van der Waals surface area contributed by atoms with Gasteiger partial charge in [-0.3, -0.25) is 4.79 Å². The van der Waals surface area contributed by atoms with Crippen molar-refractivity contribution in [3.05, 3.63) is 0 Å². The standard InChI is InChI=1S/C16H32O2.Sn.2H/c1-6-11-13-18-15(17)16(9-4,10-5)14(8-3)12-7-2;;;/h14H,6-13H2,1-5H3;;;. The molecule has 114 valence electrons. The van der Waals surface area contributed by atoms with E-state index in [0.29, 0.717) is 12.5 Å². The average molecular weight is 377 g/mol. The average Bonchev–Trinajstić information content (AvgIpc) is 2.39. The molecule has 1 atom stereocenters. The number of hydrogen-bond acceptors (Lipinski definition) is 2. The van der Waals surface area contributed by atoms with Gasteiger partial charge in [0, 0.05) is 0 Å². The number of ether oxygens (including phenoxy) is 1. The van der Waals surface area contributed by atoms with Crippen LogP contribution < -0.4 is 0 Å². The van der Waals surface area contributed by atoms with Crippen LogP contribution in [-0.4, -0.2) is 36.5 Å². The Balaban J connectivity index is 0. The van der Waals surface area contributed by atoms with Gasteiger partial charge in [-0.2, -0.15) is 0 Å². The second-order valence-corrected chi connectivity index (χ2v) is 5.25. The fraction of sp³-hybridized carbons (Fsp3) is 0.938. The summed E-state index contributed by atoms with van der Waals surface area (Å²) in [4.78, 5) is 12.5. The van der Waals surface area contributed by atoms with E-state index in [2.05, 4.69) is 34.6 Å². The minimum absolute atomic E-state index is 0. The van der Waals surface area contributed by atoms with Crippen LogP contribution >= 0.6 is 0 Å². The molecule has 0 rings (SSSR count). The molecular formula is C16H34O2Sn. The normalized spacial score (nSPS) is 12.7. The molecule has 0 saturated carbocycles. The second-order valence-electron chi connectivity index (χ2n) is 5.25. The molecule has 19 heavy (non-hydrogen) atoms. The maximum atomic E-state index is 12.5. The summed E-state index contributed by atoms with van der Waals surface area (Å²) in [5, 5.41) is 0. The minimum atomic E-state index is -0.251. The van der Waals surface area contributed by atoms with E-state index in [1.807, 2.05) is 0 Å². The summed E-state index contributed by atoms with van der Waals surface area (Å²) < 4.78 is 5.52. The maximum absolute atomic E-state index is 12.5. The van der Waals surface area contributed by atoms with E-state index in [4.69, 9.17) is 4.74 Å². The quantitative estimate of drug-likeness (QED) is 0.326. The molecule has 0 amide bonds. The monoisotopic (exact) mass is 378 g/mol. The molecule has 0 saturated heterocycles. The van der Waals surface area contributed by atoms with Gasteiger partial charge in [-0.25, -0.2) is 0 Å². The number of rotatable bonds is 10. The van der Waals surface area contributed by atoms with E-state index in [9.17, 15) is 4.79 Å². The van der Waals surface area contributed by atoms with Crippen molar-refractivity contribution < 1.29 is 9.53 Å². The predicted molar refractivity (Wildman–Crippen MR) is 86.1 cm³/mol. The van der Waals surface area contributed by atoms with Crippen LogP contribution in [0.15, 0.2) is 0 Å². The number of unbranched alkanes of at least 4 members (excludes halogenated alkanes) is 1. The van der Waals surface area contributed by atoms with Crippen molar-refractivity contribution in [3.8, 4) is 0 Å². The summed E-state index contributed by atoms with van der Waals surface area (Å²) >= 11 is 0. The summed E-state index contributed by atoms with van der Waals surface area (Å²) in [5.74, 6) is 0.507. The van der Waals surface area contributed by atoms with E-state index in [1.54, 1.807) is 0 Å². The Labute approximate surface area is 137 Å². The first kappa shape index (κ1) is 21.6. The van der Waals surface area contributed by atoms with Crippen molar-refractivity contribution in [2.75, 3.05) is 6.61 Å². The van der Waals surface area contributed by atoms with Crippen LogP contribution in [0.25, 0.3) is 0 Å². The fourth-order valence-electron chi connectivity index (χ4n) is 2.96. The molecule has 0 N–H and O–H groups in total. The van der Waals surface area contributed by atoms with Gasteiger partial charge in [0.15, 0.2) is 0 Å². The van der Waals surface area contributed by atoms with Crippen molar-refractivity contribution in [3.63, 3.8) is 0 Å². The summed E-state index contributed by atoms with van der Waals surface area (Å²) in [6.07, 6.45) is 7.17. The Morgan fingerprint density at radius 2 is 1.63 bits per heavy atom. The molecule has 0 bridgehead atoms. The topological polar surface area (TPSA) is 26.3 Å². The molecule has 2 radical (unpaired) electrons. The van der Waals surface area contributed by atoms with Crippen LogP contribution in [-0.2, 0) is 9.53 Å². The van der Waals surface area contributed by atoms with Gasteiger partial charge in [-0.1, -0.05) is 53.9 Å². The van der Waals surface area contributed by atoms with Crippen molar-refractivity contribution in [1.29, 1.82) is 0 Å². The van der Waals surface area contributed by atoms with Crippen LogP contribution in [0.4, 0.5) is 0 Å². The number of hydrogen-bond donors (Lipinski definition) is 0. The van der Waals surface area contributed by atoms with Crippen molar-refractivity contribution >= 4 is 29.9 Å². The molecule has 0 aromatic rings. The van der Waals surface area contributed by atoms with Gasteiger partial charge in [0.1, 0.15) is 0 Å². The summed E-state index contributed by atoms with van der Waals surface area (Å²) in [6, 6.07) is 0. The molecule has 3 heteroatoms. The van der Waals surface area contributed by atoms with Gasteiger partial charge in [-0.15, -0.1) is 0 Å². The number of carbonyl (C=O) groups excluding carboxylic acids is 1. The molecular weight excluding hydrogens is 343 g/mol. The van der Waals surface area contributed by atoms with E-state index in [-0.39, 0.29) is 35.3 Å². The third-order valence-corrected chi connectivity index (χ3v) is 4.31. The molecule has 1 unspecified atom stereocenters. The van der Waals surface area contributed by atoms with Gasteiger partial charge in [0.2, 0.25) is 0 Å². The first-order chi connectivity index (χ1) is 8.62.